The lowest BCUT2D eigenvalue weighted by Gasteiger charge is -2.30. The molecule has 0 spiro atoms. The molecule has 1 aliphatic heterocycles. The van der Waals surface area contributed by atoms with Crippen LogP contribution in [0.4, 0.5) is 5.69 Å². The Bertz CT molecular complexity index is 1890. The van der Waals surface area contributed by atoms with Crippen molar-refractivity contribution >= 4 is 47.1 Å². The Morgan fingerprint density at radius 3 is 2.50 bits per heavy atom. The summed E-state index contributed by atoms with van der Waals surface area (Å²) in [6.45, 7) is 7.62. The number of benzene rings is 3. The quantitative estimate of drug-likeness (QED) is 0.125. The third kappa shape index (κ3) is 6.95. The van der Waals surface area contributed by atoms with Gasteiger partial charge in [-0.25, -0.2) is 0 Å². The van der Waals surface area contributed by atoms with Crippen molar-refractivity contribution < 1.29 is 5.11 Å². The van der Waals surface area contributed by atoms with Gasteiger partial charge < -0.3 is 10.0 Å². The van der Waals surface area contributed by atoms with E-state index in [9.17, 15) is 5.11 Å². The van der Waals surface area contributed by atoms with E-state index in [0.717, 1.165) is 37.1 Å². The number of anilines is 1. The lowest BCUT2D eigenvalue weighted by atomic mass is 9.75. The van der Waals surface area contributed by atoms with Crippen LogP contribution in [0.5, 0.6) is 5.88 Å². The highest BCUT2D eigenvalue weighted by Gasteiger charge is 2.28. The second-order valence-corrected chi connectivity index (χ2v) is 14.8. The summed E-state index contributed by atoms with van der Waals surface area (Å²) in [6.07, 6.45) is 13.9. The molecule has 3 nitrogen and oxygen atoms in total. The molecule has 0 bridgehead atoms. The van der Waals surface area contributed by atoms with E-state index in [2.05, 4.69) is 104 Å². The number of aryl methyl sites for hydroxylation is 1. The second kappa shape index (κ2) is 13.1. The molecule has 2 aliphatic rings. The van der Waals surface area contributed by atoms with Crippen LogP contribution < -0.4 is 4.90 Å². The normalized spacial score (nSPS) is 16.7. The van der Waals surface area contributed by atoms with Gasteiger partial charge in [-0.1, -0.05) is 92.4 Å². The minimum Gasteiger partial charge on any atom is -0.493 e. The molecule has 0 atom stereocenters. The summed E-state index contributed by atoms with van der Waals surface area (Å²) in [5.74, 6) is 0.159. The van der Waals surface area contributed by atoms with Crippen molar-refractivity contribution in [2.24, 2.45) is 5.41 Å². The largest absolute Gasteiger partial charge is 0.493 e. The van der Waals surface area contributed by atoms with Crippen molar-refractivity contribution in [1.29, 1.82) is 0 Å². The number of rotatable bonds is 7. The van der Waals surface area contributed by atoms with Gasteiger partial charge in [0.25, 0.3) is 0 Å². The standard InChI is InChI=1S/C38H36N2OS3/c1-27-17-19-33-32(22-27)39(21-11-10-14-28-12-6-4-7-13-28)35(43-33)24-30-23-29(25-38(2,3)26-30)18-20-34-36(41)40(37(42)44-34)31-15-8-5-9-16-31/h4-13,15-17,19-20,22-24,41H,14,21,25-26H2,1-3H3. The van der Waals surface area contributed by atoms with Crippen LogP contribution >= 0.6 is 35.3 Å². The smallest absolute Gasteiger partial charge is 0.215 e. The van der Waals surface area contributed by atoms with Gasteiger partial charge in [0.1, 0.15) is 0 Å². The minimum atomic E-state index is 0.0923. The zero-order valence-electron chi connectivity index (χ0n) is 25.3. The number of allylic oxidation sites excluding steroid dienone is 5. The van der Waals surface area contributed by atoms with Crippen LogP contribution in [-0.2, 0) is 6.42 Å². The summed E-state index contributed by atoms with van der Waals surface area (Å²) in [6, 6.07) is 27.1. The van der Waals surface area contributed by atoms with Gasteiger partial charge in [0.15, 0.2) is 3.95 Å². The Morgan fingerprint density at radius 1 is 0.977 bits per heavy atom. The molecule has 2 heterocycles. The van der Waals surface area contributed by atoms with Crippen molar-refractivity contribution in [3.8, 4) is 11.6 Å². The molecule has 4 aromatic rings. The first-order chi connectivity index (χ1) is 21.3. The fourth-order valence-corrected chi connectivity index (χ4v) is 8.12. The van der Waals surface area contributed by atoms with Gasteiger partial charge in [0.2, 0.25) is 5.88 Å². The van der Waals surface area contributed by atoms with Crippen LogP contribution in [0.1, 0.15) is 42.7 Å². The molecule has 1 aliphatic carbocycles. The number of aromatic nitrogens is 1. The molecule has 1 N–H and O–H groups in total. The molecular formula is C38H36N2OS3. The van der Waals surface area contributed by atoms with Gasteiger partial charge in [-0.15, -0.1) is 17.1 Å². The molecule has 0 saturated heterocycles. The molecule has 0 saturated carbocycles. The zero-order valence-corrected chi connectivity index (χ0v) is 27.7. The predicted molar refractivity (Wildman–Crippen MR) is 190 cm³/mol. The van der Waals surface area contributed by atoms with Gasteiger partial charge in [-0.05, 0) is 103 Å². The molecular weight excluding hydrogens is 597 g/mol. The first-order valence-corrected chi connectivity index (χ1v) is 16.9. The van der Waals surface area contributed by atoms with Crippen molar-refractivity contribution in [2.45, 2.75) is 44.9 Å². The molecule has 0 amide bonds. The SMILES string of the molecule is Cc1ccc2c(c1)N(CC=CCc1ccccc1)C(=CC1=CC(=C=Cc3sc(=S)n(-c4ccccc4)c3O)CC(C)(C)C1)S2. The maximum atomic E-state index is 11.0. The Labute approximate surface area is 273 Å². The van der Waals surface area contributed by atoms with E-state index >= 15 is 0 Å². The average molecular weight is 633 g/mol. The highest BCUT2D eigenvalue weighted by atomic mass is 32.2. The monoisotopic (exact) mass is 632 g/mol. The highest BCUT2D eigenvalue weighted by molar-refractivity contribution is 8.03. The van der Waals surface area contributed by atoms with Gasteiger partial charge in [-0.2, -0.15) is 0 Å². The highest BCUT2D eigenvalue weighted by Crippen LogP contribution is 2.48. The Balaban J connectivity index is 1.30. The number of nitrogens with zero attached hydrogens (tertiary/aromatic N) is 2. The van der Waals surface area contributed by atoms with Crippen LogP contribution in [0.25, 0.3) is 11.8 Å². The summed E-state index contributed by atoms with van der Waals surface area (Å²) in [5, 5.41) is 12.3. The third-order valence-corrected chi connectivity index (χ3v) is 10.2. The maximum Gasteiger partial charge on any atom is 0.215 e. The number of para-hydroxylation sites is 1. The van der Waals surface area contributed by atoms with E-state index in [0.29, 0.717) is 8.83 Å². The lowest BCUT2D eigenvalue weighted by Crippen LogP contribution is -2.20. The van der Waals surface area contributed by atoms with Crippen molar-refractivity contribution in [2.75, 3.05) is 11.4 Å². The van der Waals surface area contributed by atoms with E-state index in [1.165, 1.54) is 43.6 Å². The van der Waals surface area contributed by atoms with Gasteiger partial charge in [0.05, 0.1) is 21.3 Å². The Hall–Kier alpha value is -3.80. The molecule has 222 valence electrons. The van der Waals surface area contributed by atoms with Crippen LogP contribution in [0.3, 0.4) is 0 Å². The number of hydrogen-bond acceptors (Lipinski definition) is 5. The van der Waals surface area contributed by atoms with E-state index in [1.807, 2.05) is 48.2 Å². The third-order valence-electron chi connectivity index (χ3n) is 7.77. The van der Waals surface area contributed by atoms with Gasteiger partial charge in [-0.3, -0.25) is 4.57 Å². The molecule has 0 unspecified atom stereocenters. The molecule has 6 rings (SSSR count). The van der Waals surface area contributed by atoms with Crippen LogP contribution in [-0.4, -0.2) is 16.2 Å². The predicted octanol–water partition coefficient (Wildman–Crippen LogP) is 10.8. The van der Waals surface area contributed by atoms with E-state index in [1.54, 1.807) is 4.57 Å². The van der Waals surface area contributed by atoms with E-state index in [4.69, 9.17) is 12.2 Å². The summed E-state index contributed by atoms with van der Waals surface area (Å²) >= 11 is 8.84. The molecule has 1 aromatic heterocycles. The number of thioether (sulfide) groups is 1. The minimum absolute atomic E-state index is 0.0923. The van der Waals surface area contributed by atoms with E-state index < -0.39 is 0 Å². The topological polar surface area (TPSA) is 28.4 Å². The van der Waals surface area contributed by atoms with E-state index in [-0.39, 0.29) is 11.3 Å². The van der Waals surface area contributed by atoms with Crippen molar-refractivity contribution in [3.05, 3.63) is 145 Å². The Kier molecular flexibility index (Phi) is 8.97. The fraction of sp³-hybridized carbons (Fsp3) is 0.211. The molecule has 6 heteroatoms. The Morgan fingerprint density at radius 2 is 1.73 bits per heavy atom. The molecule has 3 aromatic carbocycles. The number of hydrogen-bond donors (Lipinski definition) is 1. The first-order valence-electron chi connectivity index (χ1n) is 14.9. The summed E-state index contributed by atoms with van der Waals surface area (Å²) in [4.78, 5) is 4.45. The second-order valence-electron chi connectivity index (χ2n) is 12.1. The van der Waals surface area contributed by atoms with Crippen molar-refractivity contribution in [1.82, 2.24) is 4.57 Å². The lowest BCUT2D eigenvalue weighted by molar-refractivity contribution is 0.355. The van der Waals surface area contributed by atoms with Gasteiger partial charge in [0, 0.05) is 17.5 Å². The summed E-state index contributed by atoms with van der Waals surface area (Å²) < 4.78 is 2.33. The maximum absolute atomic E-state index is 11.0. The van der Waals surface area contributed by atoms with Gasteiger partial charge >= 0.3 is 0 Å². The van der Waals surface area contributed by atoms with Crippen LogP contribution in [0, 0.1) is 16.3 Å². The van der Waals surface area contributed by atoms with Crippen LogP contribution in [0.15, 0.2) is 130 Å². The molecule has 44 heavy (non-hydrogen) atoms. The first kappa shape index (κ1) is 30.2. The summed E-state index contributed by atoms with van der Waals surface area (Å²) in [5.41, 5.74) is 10.8. The molecule has 0 fully saturated rings. The van der Waals surface area contributed by atoms with Crippen molar-refractivity contribution in [3.63, 3.8) is 0 Å². The number of aromatic hydroxyl groups is 1. The van der Waals surface area contributed by atoms with Crippen LogP contribution in [0.2, 0.25) is 0 Å². The zero-order chi connectivity index (χ0) is 30.7. The number of fused-ring (bicyclic) bond motifs is 1. The fourth-order valence-electron chi connectivity index (χ4n) is 5.76. The summed E-state index contributed by atoms with van der Waals surface area (Å²) in [7, 11) is 0. The number of thiazole rings is 1. The average Bonchev–Trinajstić information content (AvgIpc) is 3.48. The molecule has 0 radical (unpaired) electrons.